The molecule has 0 fully saturated rings. The molecule has 7 nitrogen and oxygen atoms in total. The van der Waals surface area contributed by atoms with Gasteiger partial charge < -0.3 is 20.6 Å². The van der Waals surface area contributed by atoms with Crippen LogP contribution in [-0.4, -0.2) is 27.5 Å². The van der Waals surface area contributed by atoms with E-state index in [2.05, 4.69) is 35.6 Å². The third kappa shape index (κ3) is 2.38. The second-order valence-corrected chi connectivity index (χ2v) is 5.53. The Hall–Kier alpha value is -3.61. The molecule has 0 aliphatic carbocycles. The summed E-state index contributed by atoms with van der Waals surface area (Å²) in [5.41, 5.74) is 1.84. The topological polar surface area (TPSA) is 92.7 Å². The predicted molar refractivity (Wildman–Crippen MR) is 97.1 cm³/mol. The van der Waals surface area contributed by atoms with E-state index >= 15 is 0 Å². The van der Waals surface area contributed by atoms with Crippen LogP contribution in [0.1, 0.15) is 5.69 Å². The zero-order chi connectivity index (χ0) is 15.9. The maximum atomic E-state index is 4.55. The lowest BCUT2D eigenvalue weighted by molar-refractivity contribution is 1.32. The van der Waals surface area contributed by atoms with E-state index in [9.17, 15) is 0 Å². The Morgan fingerprint density at radius 1 is 0.667 bits per heavy atom. The van der Waals surface area contributed by atoms with Gasteiger partial charge >= 0.3 is 0 Å². The van der Waals surface area contributed by atoms with Crippen molar-refractivity contribution in [1.82, 2.24) is 9.97 Å². The summed E-state index contributed by atoms with van der Waals surface area (Å²) in [6.45, 7) is 0. The number of anilines is 2. The summed E-state index contributed by atoms with van der Waals surface area (Å²) >= 11 is 0. The van der Waals surface area contributed by atoms with Crippen LogP contribution in [0, 0.1) is 0 Å². The summed E-state index contributed by atoms with van der Waals surface area (Å²) in [5.74, 6) is 4.59. The van der Waals surface area contributed by atoms with E-state index in [-0.39, 0.29) is 0 Å². The van der Waals surface area contributed by atoms with Gasteiger partial charge in [-0.05, 0) is 54.6 Å². The molecule has 0 radical (unpaired) electrons. The minimum Gasteiger partial charge on any atom is -0.342 e. The number of H-pyrrole nitrogens is 2. The number of hydrogen-bond acceptors (Lipinski definition) is 5. The van der Waals surface area contributed by atoms with Crippen molar-refractivity contribution >= 4 is 41.0 Å². The molecule has 0 aromatic carbocycles. The summed E-state index contributed by atoms with van der Waals surface area (Å²) in [5, 5.41) is 6.47. The number of rotatable bonds is 0. The van der Waals surface area contributed by atoms with Gasteiger partial charge in [-0.1, -0.05) is 0 Å². The van der Waals surface area contributed by atoms with E-state index in [1.807, 2.05) is 54.6 Å². The zero-order valence-electron chi connectivity index (χ0n) is 12.5. The number of allylic oxidation sites excluding steroid dienone is 1. The van der Waals surface area contributed by atoms with E-state index in [4.69, 9.17) is 0 Å². The van der Waals surface area contributed by atoms with Gasteiger partial charge in [-0.25, -0.2) is 15.0 Å². The number of aromatic nitrogens is 2. The van der Waals surface area contributed by atoms with E-state index in [1.165, 1.54) is 0 Å². The number of hydrogen-bond donors (Lipinski definition) is 4. The Bertz CT molecular complexity index is 925. The highest BCUT2D eigenvalue weighted by Gasteiger charge is 2.10. The van der Waals surface area contributed by atoms with Crippen molar-refractivity contribution in [3.8, 4) is 0 Å². The molecule has 3 aliphatic heterocycles. The van der Waals surface area contributed by atoms with Crippen LogP contribution < -0.4 is 10.6 Å². The van der Waals surface area contributed by atoms with Crippen LogP contribution in [0.15, 0.2) is 69.2 Å². The maximum absolute atomic E-state index is 4.55. The SMILES string of the molecule is C1=CC2=NC1=Cc1ccc([nH]1)NC1=NC(=Nc3ccc([nH]3)N2)C=C1. The summed E-state index contributed by atoms with van der Waals surface area (Å²) in [6.07, 6.45) is 9.66. The van der Waals surface area contributed by atoms with Crippen molar-refractivity contribution < 1.29 is 0 Å². The number of nitrogens with zero attached hydrogens (tertiary/aromatic N) is 3. The zero-order valence-corrected chi connectivity index (χ0v) is 12.5. The largest absolute Gasteiger partial charge is 0.342 e. The average molecular weight is 315 g/mol. The highest BCUT2D eigenvalue weighted by molar-refractivity contribution is 6.19. The molecule has 2 aromatic heterocycles. The number of aromatic amines is 2. The first kappa shape index (κ1) is 12.9. The molecular formula is C17H13N7. The van der Waals surface area contributed by atoms with Gasteiger partial charge in [0.1, 0.15) is 29.1 Å². The molecular weight excluding hydrogens is 302 g/mol. The van der Waals surface area contributed by atoms with E-state index in [0.717, 1.165) is 40.5 Å². The normalized spacial score (nSPS) is 17.7. The molecule has 5 heterocycles. The van der Waals surface area contributed by atoms with Crippen LogP contribution in [0.25, 0.3) is 6.08 Å². The molecule has 0 saturated carbocycles. The average Bonchev–Trinajstić information content (AvgIpc) is 3.32. The van der Waals surface area contributed by atoms with Crippen molar-refractivity contribution in [1.29, 1.82) is 0 Å². The van der Waals surface area contributed by atoms with Crippen molar-refractivity contribution in [2.24, 2.45) is 15.0 Å². The number of nitrogens with one attached hydrogen (secondary N) is 4. The van der Waals surface area contributed by atoms with Crippen LogP contribution in [-0.2, 0) is 0 Å². The van der Waals surface area contributed by atoms with Gasteiger partial charge in [-0.15, -0.1) is 0 Å². The molecule has 24 heavy (non-hydrogen) atoms. The Morgan fingerprint density at radius 3 is 2.42 bits per heavy atom. The standard InChI is InChI=1S/C17H13N7/c1-3-12-18-10(1)9-11-2-4-13(19-11)21-15-6-8-17(23-15)24-16-7-5-14(20-12)22-16/h1-9H,(H4,18,19,20,21,22,23,24). The van der Waals surface area contributed by atoms with Crippen molar-refractivity contribution in [2.45, 2.75) is 0 Å². The molecule has 8 bridgehead atoms. The van der Waals surface area contributed by atoms with E-state index < -0.39 is 0 Å². The Labute approximate surface area is 137 Å². The van der Waals surface area contributed by atoms with Crippen LogP contribution in [0.2, 0.25) is 0 Å². The van der Waals surface area contributed by atoms with E-state index in [0.29, 0.717) is 5.84 Å². The summed E-state index contributed by atoms with van der Waals surface area (Å²) in [7, 11) is 0. The van der Waals surface area contributed by atoms with Gasteiger partial charge in [0.15, 0.2) is 5.84 Å². The lowest BCUT2D eigenvalue weighted by Crippen LogP contribution is -2.07. The van der Waals surface area contributed by atoms with Crippen molar-refractivity contribution in [3.63, 3.8) is 0 Å². The molecule has 2 aromatic rings. The van der Waals surface area contributed by atoms with E-state index in [1.54, 1.807) is 0 Å². The number of amidine groups is 3. The molecule has 0 atom stereocenters. The molecule has 3 aliphatic rings. The summed E-state index contributed by atoms with van der Waals surface area (Å²) in [4.78, 5) is 20.0. The lowest BCUT2D eigenvalue weighted by atomic mass is 10.3. The first-order valence-corrected chi connectivity index (χ1v) is 7.56. The van der Waals surface area contributed by atoms with Gasteiger partial charge in [0, 0.05) is 5.69 Å². The first-order chi connectivity index (χ1) is 11.8. The number of fused-ring (bicyclic) bond motifs is 6. The Morgan fingerprint density at radius 2 is 1.46 bits per heavy atom. The van der Waals surface area contributed by atoms with Crippen molar-refractivity contribution in [3.05, 3.63) is 60.0 Å². The number of aliphatic imine (C=N–C) groups is 3. The molecule has 4 N–H and O–H groups in total. The summed E-state index contributed by atoms with van der Waals surface area (Å²) < 4.78 is 0. The fourth-order valence-electron chi connectivity index (χ4n) is 2.66. The minimum atomic E-state index is 0.644. The third-order valence-corrected chi connectivity index (χ3v) is 3.73. The molecule has 0 spiro atoms. The minimum absolute atomic E-state index is 0.644. The smallest absolute Gasteiger partial charge is 0.156 e. The highest BCUT2D eigenvalue weighted by Crippen LogP contribution is 2.20. The molecule has 0 unspecified atom stereocenters. The molecule has 7 heteroatoms. The molecule has 0 amide bonds. The second kappa shape index (κ2) is 4.95. The fraction of sp³-hybridized carbons (Fsp3) is 0. The van der Waals surface area contributed by atoms with Crippen LogP contribution >= 0.6 is 0 Å². The van der Waals surface area contributed by atoms with Crippen LogP contribution in [0.5, 0.6) is 0 Å². The first-order valence-electron chi connectivity index (χ1n) is 7.56. The Balaban J connectivity index is 1.59. The van der Waals surface area contributed by atoms with Crippen LogP contribution in [0.4, 0.5) is 17.5 Å². The predicted octanol–water partition coefficient (Wildman–Crippen LogP) is 3.19. The molecule has 5 rings (SSSR count). The van der Waals surface area contributed by atoms with Gasteiger partial charge in [0.25, 0.3) is 0 Å². The van der Waals surface area contributed by atoms with Gasteiger partial charge in [0.2, 0.25) is 0 Å². The monoisotopic (exact) mass is 315 g/mol. The van der Waals surface area contributed by atoms with Crippen molar-refractivity contribution in [2.75, 3.05) is 10.6 Å². The lowest BCUT2D eigenvalue weighted by Gasteiger charge is -2.01. The van der Waals surface area contributed by atoms with Gasteiger partial charge in [-0.3, -0.25) is 0 Å². The highest BCUT2D eigenvalue weighted by atomic mass is 15.1. The Kier molecular flexibility index (Phi) is 2.66. The van der Waals surface area contributed by atoms with Crippen LogP contribution in [0.3, 0.4) is 0 Å². The molecule has 0 saturated heterocycles. The third-order valence-electron chi connectivity index (χ3n) is 3.73. The van der Waals surface area contributed by atoms with Gasteiger partial charge in [0.05, 0.1) is 5.70 Å². The quantitative estimate of drug-likeness (QED) is 0.601. The molecule has 116 valence electrons. The van der Waals surface area contributed by atoms with Gasteiger partial charge in [-0.2, -0.15) is 0 Å². The maximum Gasteiger partial charge on any atom is 0.156 e. The second-order valence-electron chi connectivity index (χ2n) is 5.53. The summed E-state index contributed by atoms with van der Waals surface area (Å²) in [6, 6.07) is 7.78. The fourth-order valence-corrected chi connectivity index (χ4v) is 2.66.